The third-order valence-corrected chi connectivity index (χ3v) is 5.87. The zero-order valence-electron chi connectivity index (χ0n) is 16.3. The van der Waals surface area contributed by atoms with Gasteiger partial charge in [-0.05, 0) is 41.8 Å². The van der Waals surface area contributed by atoms with Crippen LogP contribution in [-0.4, -0.2) is 47.0 Å². The number of fused-ring (bicyclic) bond motifs is 2. The molecule has 1 aromatic heterocycles. The molecule has 29 heavy (non-hydrogen) atoms. The normalized spacial score (nSPS) is 19.8. The zero-order valence-corrected chi connectivity index (χ0v) is 16.3. The maximum atomic E-state index is 13.0. The predicted octanol–water partition coefficient (Wildman–Crippen LogP) is 2.67. The molecule has 3 heterocycles. The van der Waals surface area contributed by atoms with E-state index in [9.17, 15) is 9.59 Å². The molecule has 2 aliphatic heterocycles. The molecule has 0 bridgehead atoms. The minimum Gasteiger partial charge on any atom is -0.408 e. The number of H-pyrrole nitrogens is 1. The Kier molecular flexibility index (Phi) is 4.49. The number of aromatic nitrogens is 1. The number of ether oxygens (including phenoxy) is 1. The summed E-state index contributed by atoms with van der Waals surface area (Å²) >= 11 is 0. The Morgan fingerprint density at radius 2 is 1.79 bits per heavy atom. The van der Waals surface area contributed by atoms with Crippen molar-refractivity contribution in [1.82, 2.24) is 14.8 Å². The largest absolute Gasteiger partial charge is 0.417 e. The summed E-state index contributed by atoms with van der Waals surface area (Å²) in [7, 11) is 0. The summed E-state index contributed by atoms with van der Waals surface area (Å²) in [5.74, 6) is -0.427. The van der Waals surface area contributed by atoms with Crippen LogP contribution in [0.3, 0.4) is 0 Å². The van der Waals surface area contributed by atoms with Crippen molar-refractivity contribution in [3.63, 3.8) is 0 Å². The minimum atomic E-state index is -0.469. The number of hydrogen-bond donors (Lipinski definition) is 1. The fraction of sp³-hybridized carbons (Fsp3) is 0.364. The molecule has 1 N–H and O–H groups in total. The molecule has 0 unspecified atom stereocenters. The van der Waals surface area contributed by atoms with Gasteiger partial charge < -0.3 is 14.1 Å². The highest BCUT2D eigenvalue weighted by atomic mass is 16.5. The monoisotopic (exact) mass is 393 g/mol. The Bertz CT molecular complexity index is 1130. The second kappa shape index (κ2) is 7.17. The lowest BCUT2D eigenvalue weighted by Gasteiger charge is -2.26. The van der Waals surface area contributed by atoms with Gasteiger partial charge in [0.2, 0.25) is 0 Å². The Labute approximate surface area is 167 Å². The average molecular weight is 393 g/mol. The third kappa shape index (κ3) is 3.36. The SMILES string of the molecule is C[C@H]1c2cc(CN3CCOCC3)ccc2C(=O)N1Cc1ccc2[nH]c(=O)oc2c1. The van der Waals surface area contributed by atoms with Crippen molar-refractivity contribution >= 4 is 17.0 Å². The van der Waals surface area contributed by atoms with Gasteiger partial charge in [0.05, 0.1) is 24.8 Å². The molecule has 5 rings (SSSR count). The number of nitrogens with zero attached hydrogens (tertiary/aromatic N) is 2. The number of hydrogen-bond acceptors (Lipinski definition) is 5. The molecule has 0 aliphatic carbocycles. The minimum absolute atomic E-state index is 0.00364. The second-order valence-electron chi connectivity index (χ2n) is 7.76. The number of carbonyl (C=O) groups is 1. The average Bonchev–Trinajstić information content (AvgIpc) is 3.20. The van der Waals surface area contributed by atoms with Gasteiger partial charge in [-0.3, -0.25) is 14.7 Å². The molecule has 1 amide bonds. The van der Waals surface area contributed by atoms with Crippen LogP contribution in [0.15, 0.2) is 45.6 Å². The maximum absolute atomic E-state index is 13.0. The molecule has 7 heteroatoms. The molecule has 2 aliphatic rings. The molecule has 7 nitrogen and oxygen atoms in total. The van der Waals surface area contributed by atoms with Crippen LogP contribution in [0.2, 0.25) is 0 Å². The van der Waals surface area contributed by atoms with Crippen LogP contribution in [0.1, 0.15) is 40.0 Å². The summed E-state index contributed by atoms with van der Waals surface area (Å²) in [6.07, 6.45) is 0. The van der Waals surface area contributed by atoms with Crippen LogP contribution >= 0.6 is 0 Å². The molecule has 1 saturated heterocycles. The highest BCUT2D eigenvalue weighted by Gasteiger charge is 2.34. The quantitative estimate of drug-likeness (QED) is 0.737. The summed E-state index contributed by atoms with van der Waals surface area (Å²) in [5.41, 5.74) is 5.18. The van der Waals surface area contributed by atoms with Crippen LogP contribution in [0.5, 0.6) is 0 Å². The Morgan fingerprint density at radius 3 is 2.62 bits per heavy atom. The van der Waals surface area contributed by atoms with Gasteiger partial charge in [0.1, 0.15) is 0 Å². The van der Waals surface area contributed by atoms with E-state index >= 15 is 0 Å². The van der Waals surface area contributed by atoms with Gasteiger partial charge in [0, 0.05) is 31.7 Å². The predicted molar refractivity (Wildman–Crippen MR) is 108 cm³/mol. The lowest BCUT2D eigenvalue weighted by atomic mass is 10.0. The molecule has 3 aromatic rings. The molecular weight excluding hydrogens is 370 g/mol. The molecule has 1 fully saturated rings. The van der Waals surface area contributed by atoms with E-state index < -0.39 is 5.76 Å². The van der Waals surface area contributed by atoms with Crippen LogP contribution < -0.4 is 5.76 Å². The van der Waals surface area contributed by atoms with Gasteiger partial charge in [0.15, 0.2) is 5.58 Å². The van der Waals surface area contributed by atoms with Crippen molar-refractivity contribution in [2.24, 2.45) is 0 Å². The van der Waals surface area contributed by atoms with E-state index in [0.717, 1.165) is 49.5 Å². The standard InChI is InChI=1S/C22H23N3O4/c1-14-18-10-15(12-24-6-8-28-9-7-24)2-4-17(18)21(26)25(14)13-16-3-5-19-20(11-16)29-22(27)23-19/h2-5,10-11,14H,6-9,12-13H2,1H3,(H,23,27)/t14-/m0/s1. The first-order valence-electron chi connectivity index (χ1n) is 9.94. The first-order chi connectivity index (χ1) is 14.1. The van der Waals surface area contributed by atoms with Gasteiger partial charge in [-0.15, -0.1) is 0 Å². The van der Waals surface area contributed by atoms with Gasteiger partial charge in [0.25, 0.3) is 5.91 Å². The molecule has 1 atom stereocenters. The zero-order chi connectivity index (χ0) is 20.0. The topological polar surface area (TPSA) is 78.8 Å². The van der Waals surface area contributed by atoms with E-state index in [1.807, 2.05) is 29.2 Å². The summed E-state index contributed by atoms with van der Waals surface area (Å²) in [6, 6.07) is 11.7. The number of nitrogens with one attached hydrogen (secondary N) is 1. The van der Waals surface area contributed by atoms with Gasteiger partial charge >= 0.3 is 5.76 Å². The van der Waals surface area contributed by atoms with Crippen molar-refractivity contribution in [2.45, 2.75) is 26.1 Å². The smallest absolute Gasteiger partial charge is 0.408 e. The van der Waals surface area contributed by atoms with Crippen molar-refractivity contribution in [2.75, 3.05) is 26.3 Å². The van der Waals surface area contributed by atoms with E-state index in [1.54, 1.807) is 0 Å². The van der Waals surface area contributed by atoms with E-state index in [0.29, 0.717) is 17.6 Å². The van der Waals surface area contributed by atoms with E-state index in [1.165, 1.54) is 5.56 Å². The van der Waals surface area contributed by atoms with Crippen LogP contribution in [0.4, 0.5) is 0 Å². The van der Waals surface area contributed by atoms with E-state index in [-0.39, 0.29) is 11.9 Å². The molecule has 0 spiro atoms. The van der Waals surface area contributed by atoms with Crippen molar-refractivity contribution < 1.29 is 13.9 Å². The molecule has 150 valence electrons. The lowest BCUT2D eigenvalue weighted by molar-refractivity contribution is 0.0342. The first-order valence-corrected chi connectivity index (χ1v) is 9.94. The number of morpholine rings is 1. The number of oxazole rings is 1. The Morgan fingerprint density at radius 1 is 1.03 bits per heavy atom. The van der Waals surface area contributed by atoms with Gasteiger partial charge in [-0.2, -0.15) is 0 Å². The summed E-state index contributed by atoms with van der Waals surface area (Å²) in [4.78, 5) is 31.3. The van der Waals surface area contributed by atoms with Gasteiger partial charge in [-0.1, -0.05) is 18.2 Å². The van der Waals surface area contributed by atoms with Crippen molar-refractivity contribution in [1.29, 1.82) is 0 Å². The van der Waals surface area contributed by atoms with E-state index in [2.05, 4.69) is 28.9 Å². The maximum Gasteiger partial charge on any atom is 0.417 e. The summed E-state index contributed by atoms with van der Waals surface area (Å²) in [6.45, 7) is 6.85. The fourth-order valence-electron chi connectivity index (χ4n) is 4.26. The van der Waals surface area contributed by atoms with Crippen LogP contribution in [0.25, 0.3) is 11.1 Å². The lowest BCUT2D eigenvalue weighted by Crippen LogP contribution is -2.35. The van der Waals surface area contributed by atoms with Crippen molar-refractivity contribution in [3.05, 3.63) is 69.2 Å². The van der Waals surface area contributed by atoms with Crippen molar-refractivity contribution in [3.8, 4) is 0 Å². The number of rotatable bonds is 4. The second-order valence-corrected chi connectivity index (χ2v) is 7.76. The summed E-state index contributed by atoms with van der Waals surface area (Å²) in [5, 5.41) is 0. The molecule has 2 aromatic carbocycles. The Balaban J connectivity index is 1.37. The summed E-state index contributed by atoms with van der Waals surface area (Å²) < 4.78 is 10.6. The fourth-order valence-corrected chi connectivity index (χ4v) is 4.26. The van der Waals surface area contributed by atoms with Crippen LogP contribution in [-0.2, 0) is 17.8 Å². The van der Waals surface area contributed by atoms with Gasteiger partial charge in [-0.25, -0.2) is 4.79 Å². The molecular formula is C22H23N3O4. The number of carbonyl (C=O) groups excluding carboxylic acids is 1. The number of amides is 1. The molecule has 0 radical (unpaired) electrons. The highest BCUT2D eigenvalue weighted by molar-refractivity contribution is 5.99. The number of aromatic amines is 1. The third-order valence-electron chi connectivity index (χ3n) is 5.87. The van der Waals surface area contributed by atoms with Crippen LogP contribution in [0, 0.1) is 0 Å². The highest BCUT2D eigenvalue weighted by Crippen LogP contribution is 2.35. The molecule has 0 saturated carbocycles. The van der Waals surface area contributed by atoms with E-state index in [4.69, 9.17) is 9.15 Å². The number of benzene rings is 2. The Hall–Kier alpha value is -2.90. The first kappa shape index (κ1) is 18.1.